The lowest BCUT2D eigenvalue weighted by Gasteiger charge is -2.09. The SMILES string of the molecule is CCCCCCCCCCCCc1ccc(Oc2ccc(C(=O)O)c(C(=O)O)c2)cc1. The van der Waals surface area contributed by atoms with Crippen LogP contribution in [0.4, 0.5) is 0 Å². The lowest BCUT2D eigenvalue weighted by atomic mass is 10.0. The summed E-state index contributed by atoms with van der Waals surface area (Å²) in [5, 5.41) is 18.3. The van der Waals surface area contributed by atoms with Gasteiger partial charge in [-0.05, 0) is 48.7 Å². The molecule has 0 aliphatic rings. The van der Waals surface area contributed by atoms with Crippen molar-refractivity contribution in [2.45, 2.75) is 77.6 Å². The Morgan fingerprint density at radius 3 is 1.74 bits per heavy atom. The molecule has 0 amide bonds. The van der Waals surface area contributed by atoms with Crippen molar-refractivity contribution in [2.75, 3.05) is 0 Å². The highest BCUT2D eigenvalue weighted by Gasteiger charge is 2.17. The Bertz CT molecular complexity index is 826. The summed E-state index contributed by atoms with van der Waals surface area (Å²) in [4.78, 5) is 22.4. The molecule has 2 rings (SSSR count). The van der Waals surface area contributed by atoms with Gasteiger partial charge in [-0.25, -0.2) is 9.59 Å². The highest BCUT2D eigenvalue weighted by molar-refractivity contribution is 6.02. The van der Waals surface area contributed by atoms with Gasteiger partial charge >= 0.3 is 11.9 Å². The lowest BCUT2D eigenvalue weighted by molar-refractivity contribution is 0.0651. The van der Waals surface area contributed by atoms with Crippen molar-refractivity contribution in [2.24, 2.45) is 0 Å². The number of benzene rings is 2. The summed E-state index contributed by atoms with van der Waals surface area (Å²) in [5.41, 5.74) is 0.702. The second-order valence-corrected chi connectivity index (χ2v) is 8.00. The maximum absolute atomic E-state index is 11.3. The van der Waals surface area contributed by atoms with Gasteiger partial charge in [0.05, 0.1) is 11.1 Å². The standard InChI is InChI=1S/C26H34O5/c1-2-3-4-5-6-7-8-9-10-11-12-20-13-15-21(16-14-20)31-22-17-18-23(25(27)28)24(19-22)26(29)30/h13-19H,2-12H2,1H3,(H,27,28)(H,29,30). The molecule has 0 heterocycles. The molecule has 0 fully saturated rings. The van der Waals surface area contributed by atoms with Crippen molar-refractivity contribution in [1.82, 2.24) is 0 Å². The van der Waals surface area contributed by atoms with E-state index in [1.807, 2.05) is 24.3 Å². The van der Waals surface area contributed by atoms with Crippen LogP contribution in [0.3, 0.4) is 0 Å². The van der Waals surface area contributed by atoms with Gasteiger partial charge in [0.2, 0.25) is 0 Å². The molecule has 0 unspecified atom stereocenters. The zero-order chi connectivity index (χ0) is 22.5. The number of carboxylic acids is 2. The summed E-state index contributed by atoms with van der Waals surface area (Å²) in [5.74, 6) is -1.69. The minimum Gasteiger partial charge on any atom is -0.478 e. The van der Waals surface area contributed by atoms with Gasteiger partial charge < -0.3 is 14.9 Å². The number of carbonyl (C=O) groups is 2. The zero-order valence-electron chi connectivity index (χ0n) is 18.4. The van der Waals surface area contributed by atoms with Gasteiger partial charge in [0.15, 0.2) is 0 Å². The first-order chi connectivity index (χ1) is 15.0. The first-order valence-electron chi connectivity index (χ1n) is 11.4. The third-order valence-electron chi connectivity index (χ3n) is 5.43. The van der Waals surface area contributed by atoms with Crippen LogP contribution in [0.5, 0.6) is 11.5 Å². The summed E-state index contributed by atoms with van der Waals surface area (Å²) < 4.78 is 5.71. The molecule has 0 aromatic heterocycles. The molecule has 0 radical (unpaired) electrons. The Morgan fingerprint density at radius 1 is 0.677 bits per heavy atom. The molecule has 2 aromatic carbocycles. The molecule has 5 nitrogen and oxygen atoms in total. The van der Waals surface area contributed by atoms with Crippen molar-refractivity contribution in [3.63, 3.8) is 0 Å². The molecular weight excluding hydrogens is 392 g/mol. The molecule has 168 valence electrons. The van der Waals surface area contributed by atoms with E-state index in [-0.39, 0.29) is 11.1 Å². The van der Waals surface area contributed by atoms with Crippen LogP contribution in [0.25, 0.3) is 0 Å². The highest BCUT2D eigenvalue weighted by atomic mass is 16.5. The van der Waals surface area contributed by atoms with Gasteiger partial charge in [-0.2, -0.15) is 0 Å². The molecule has 2 aromatic rings. The van der Waals surface area contributed by atoms with E-state index in [4.69, 9.17) is 9.84 Å². The predicted octanol–water partition coefficient (Wildman–Crippen LogP) is 7.34. The minimum atomic E-state index is -1.30. The summed E-state index contributed by atoms with van der Waals surface area (Å²) in [6.45, 7) is 2.25. The largest absolute Gasteiger partial charge is 0.478 e. The van der Waals surface area contributed by atoms with E-state index in [9.17, 15) is 14.7 Å². The maximum Gasteiger partial charge on any atom is 0.336 e. The average molecular weight is 427 g/mol. The lowest BCUT2D eigenvalue weighted by Crippen LogP contribution is -2.07. The zero-order valence-corrected chi connectivity index (χ0v) is 18.4. The normalized spacial score (nSPS) is 10.7. The van der Waals surface area contributed by atoms with Gasteiger partial charge in [0, 0.05) is 0 Å². The minimum absolute atomic E-state index is 0.258. The number of ether oxygens (including phenoxy) is 1. The Hall–Kier alpha value is -2.82. The number of hydrogen-bond donors (Lipinski definition) is 2. The maximum atomic E-state index is 11.3. The number of carboxylic acid groups (broad SMARTS) is 2. The van der Waals surface area contributed by atoms with Crippen LogP contribution < -0.4 is 4.74 Å². The summed E-state index contributed by atoms with van der Waals surface area (Å²) in [7, 11) is 0. The number of hydrogen-bond acceptors (Lipinski definition) is 3. The van der Waals surface area contributed by atoms with Crippen molar-refractivity contribution in [3.05, 3.63) is 59.2 Å². The molecule has 0 aliphatic carbocycles. The third-order valence-corrected chi connectivity index (χ3v) is 5.43. The average Bonchev–Trinajstić information content (AvgIpc) is 2.76. The fourth-order valence-corrected chi connectivity index (χ4v) is 3.63. The van der Waals surface area contributed by atoms with E-state index in [0.717, 1.165) is 6.42 Å². The van der Waals surface area contributed by atoms with Crippen LogP contribution in [0.15, 0.2) is 42.5 Å². The van der Waals surface area contributed by atoms with E-state index in [0.29, 0.717) is 11.5 Å². The predicted molar refractivity (Wildman–Crippen MR) is 122 cm³/mol. The third kappa shape index (κ3) is 8.83. The second kappa shape index (κ2) is 13.5. The number of aromatic carboxylic acids is 2. The fourth-order valence-electron chi connectivity index (χ4n) is 3.63. The van der Waals surface area contributed by atoms with E-state index >= 15 is 0 Å². The summed E-state index contributed by atoms with van der Waals surface area (Å²) in [6, 6.07) is 11.7. The Balaban J connectivity index is 1.73. The van der Waals surface area contributed by atoms with Gasteiger partial charge in [-0.3, -0.25) is 0 Å². The van der Waals surface area contributed by atoms with Crippen molar-refractivity contribution >= 4 is 11.9 Å². The molecular formula is C26H34O5. The second-order valence-electron chi connectivity index (χ2n) is 8.00. The molecule has 5 heteroatoms. The van der Waals surface area contributed by atoms with Gasteiger partial charge in [-0.15, -0.1) is 0 Å². The quantitative estimate of drug-likeness (QED) is 0.291. The highest BCUT2D eigenvalue weighted by Crippen LogP contribution is 2.25. The molecule has 31 heavy (non-hydrogen) atoms. The van der Waals surface area contributed by atoms with Crippen molar-refractivity contribution in [3.8, 4) is 11.5 Å². The molecule has 0 saturated carbocycles. The fraction of sp³-hybridized carbons (Fsp3) is 0.462. The van der Waals surface area contributed by atoms with Crippen LogP contribution >= 0.6 is 0 Å². The molecule has 0 saturated heterocycles. The number of unbranched alkanes of at least 4 members (excludes halogenated alkanes) is 9. The van der Waals surface area contributed by atoms with Crippen molar-refractivity contribution in [1.29, 1.82) is 0 Å². The smallest absolute Gasteiger partial charge is 0.336 e. The molecule has 0 atom stereocenters. The molecule has 0 bridgehead atoms. The van der Waals surface area contributed by atoms with Crippen LogP contribution in [-0.2, 0) is 6.42 Å². The van der Waals surface area contributed by atoms with Gasteiger partial charge in [-0.1, -0.05) is 76.8 Å². The molecule has 0 spiro atoms. The first kappa shape index (κ1) is 24.4. The van der Waals surface area contributed by atoms with Crippen LogP contribution in [0, 0.1) is 0 Å². The van der Waals surface area contributed by atoms with Crippen LogP contribution in [0.2, 0.25) is 0 Å². The monoisotopic (exact) mass is 426 g/mol. The van der Waals surface area contributed by atoms with Gasteiger partial charge in [0.25, 0.3) is 0 Å². The van der Waals surface area contributed by atoms with Crippen molar-refractivity contribution < 1.29 is 24.5 Å². The van der Waals surface area contributed by atoms with Crippen LogP contribution in [-0.4, -0.2) is 22.2 Å². The van der Waals surface area contributed by atoms with Crippen LogP contribution in [0.1, 0.15) is 97.4 Å². The number of aryl methyl sites for hydroxylation is 1. The Labute approximate surface area is 185 Å². The summed E-state index contributed by atoms with van der Waals surface area (Å²) in [6.07, 6.45) is 14.2. The Morgan fingerprint density at radius 2 is 1.19 bits per heavy atom. The van der Waals surface area contributed by atoms with E-state index in [1.165, 1.54) is 88.0 Å². The number of rotatable bonds is 15. The topological polar surface area (TPSA) is 83.8 Å². The molecule has 2 N–H and O–H groups in total. The first-order valence-corrected chi connectivity index (χ1v) is 11.4. The van der Waals surface area contributed by atoms with E-state index < -0.39 is 11.9 Å². The van der Waals surface area contributed by atoms with Gasteiger partial charge in [0.1, 0.15) is 11.5 Å². The van der Waals surface area contributed by atoms with E-state index in [2.05, 4.69) is 6.92 Å². The molecule has 0 aliphatic heterocycles. The Kier molecular flexibility index (Phi) is 10.6. The summed E-state index contributed by atoms with van der Waals surface area (Å²) >= 11 is 0. The van der Waals surface area contributed by atoms with E-state index in [1.54, 1.807) is 0 Å².